The number of ether oxygens (including phenoxy) is 2. The van der Waals surface area contributed by atoms with Crippen molar-refractivity contribution in [2.24, 2.45) is 0 Å². The summed E-state index contributed by atoms with van der Waals surface area (Å²) in [7, 11) is 3.23. The minimum absolute atomic E-state index is 0.116. The summed E-state index contributed by atoms with van der Waals surface area (Å²) in [6.45, 7) is 2.79. The number of methoxy groups -OCH3 is 2. The van der Waals surface area contributed by atoms with Gasteiger partial charge in [0.05, 0.1) is 31.4 Å². The van der Waals surface area contributed by atoms with Gasteiger partial charge in [-0.05, 0) is 42.8 Å². The fraction of sp³-hybridized carbons (Fsp3) is 0.300. The van der Waals surface area contributed by atoms with Gasteiger partial charge in [-0.15, -0.1) is 0 Å². The zero-order valence-corrected chi connectivity index (χ0v) is 14.7. The van der Waals surface area contributed by atoms with Crippen molar-refractivity contribution in [1.82, 2.24) is 4.90 Å². The first-order valence-corrected chi connectivity index (χ1v) is 8.02. The van der Waals surface area contributed by atoms with E-state index >= 15 is 0 Å². The number of nitrogens with zero attached hydrogens (tertiary/aromatic N) is 2. The average Bonchev–Trinajstić information content (AvgIpc) is 2.66. The second-order valence-electron chi connectivity index (χ2n) is 5.78. The topological polar surface area (TPSA) is 62.6 Å². The van der Waals surface area contributed by atoms with Gasteiger partial charge in [0.2, 0.25) is 0 Å². The molecular weight excluding hydrogens is 316 g/mol. The number of rotatable bonds is 7. The summed E-state index contributed by atoms with van der Waals surface area (Å²) in [6, 6.07) is 16.3. The molecule has 0 spiro atoms. The molecule has 2 aromatic carbocycles. The summed E-state index contributed by atoms with van der Waals surface area (Å²) < 4.78 is 10.5. The number of amides is 1. The van der Waals surface area contributed by atoms with Gasteiger partial charge in [0.15, 0.2) is 0 Å². The Kier molecular flexibility index (Phi) is 6.55. The number of carbonyl (C=O) groups excluding carboxylic acids is 1. The van der Waals surface area contributed by atoms with Crippen molar-refractivity contribution < 1.29 is 14.3 Å². The molecule has 2 rings (SSSR count). The van der Waals surface area contributed by atoms with Crippen LogP contribution < -0.4 is 4.74 Å². The highest BCUT2D eigenvalue weighted by Crippen LogP contribution is 2.18. The third-order valence-electron chi connectivity index (χ3n) is 3.93. The Labute approximate surface area is 148 Å². The molecule has 130 valence electrons. The molecule has 0 aromatic heterocycles. The van der Waals surface area contributed by atoms with Crippen LogP contribution in [-0.4, -0.2) is 37.7 Å². The van der Waals surface area contributed by atoms with Crippen LogP contribution in [-0.2, 0) is 11.3 Å². The summed E-state index contributed by atoms with van der Waals surface area (Å²) in [4.78, 5) is 14.8. The molecule has 1 unspecified atom stereocenters. The highest BCUT2D eigenvalue weighted by molar-refractivity contribution is 5.94. The first kappa shape index (κ1) is 18.5. The van der Waals surface area contributed by atoms with Crippen LogP contribution in [0.15, 0.2) is 48.5 Å². The van der Waals surface area contributed by atoms with Gasteiger partial charge in [-0.1, -0.05) is 18.2 Å². The predicted octanol–water partition coefficient (Wildman–Crippen LogP) is 3.24. The molecule has 0 fully saturated rings. The number of nitriles is 1. The zero-order valence-electron chi connectivity index (χ0n) is 14.7. The van der Waals surface area contributed by atoms with Crippen LogP contribution in [0.3, 0.4) is 0 Å². The van der Waals surface area contributed by atoms with Gasteiger partial charge in [0, 0.05) is 19.2 Å². The molecule has 0 aliphatic rings. The van der Waals surface area contributed by atoms with E-state index in [2.05, 4.69) is 6.07 Å². The van der Waals surface area contributed by atoms with E-state index in [9.17, 15) is 4.79 Å². The summed E-state index contributed by atoms with van der Waals surface area (Å²) in [6.07, 6.45) is 0. The van der Waals surface area contributed by atoms with E-state index in [-0.39, 0.29) is 11.9 Å². The van der Waals surface area contributed by atoms with Crippen LogP contribution >= 0.6 is 0 Å². The maximum atomic E-state index is 13.0. The van der Waals surface area contributed by atoms with E-state index in [4.69, 9.17) is 14.7 Å². The van der Waals surface area contributed by atoms with E-state index < -0.39 is 0 Å². The van der Waals surface area contributed by atoms with Gasteiger partial charge in [-0.2, -0.15) is 5.26 Å². The monoisotopic (exact) mass is 338 g/mol. The molecule has 2 aromatic rings. The molecule has 5 nitrogen and oxygen atoms in total. The van der Waals surface area contributed by atoms with E-state index in [0.717, 1.165) is 11.3 Å². The van der Waals surface area contributed by atoms with Gasteiger partial charge in [0.25, 0.3) is 5.91 Å². The van der Waals surface area contributed by atoms with Crippen LogP contribution in [0.5, 0.6) is 5.75 Å². The summed E-state index contributed by atoms with van der Waals surface area (Å²) in [5.41, 5.74) is 1.92. The molecule has 1 amide bonds. The van der Waals surface area contributed by atoms with Crippen molar-refractivity contribution in [3.05, 3.63) is 65.2 Å². The van der Waals surface area contributed by atoms with Crippen LogP contribution in [0.25, 0.3) is 0 Å². The standard InChI is InChI=1S/C20H22N2O3/c1-15(14-24-2)22(13-17-7-5-9-19(11-17)25-3)20(23)18-8-4-6-16(10-18)12-21/h4-11,15H,13-14H2,1-3H3. The Balaban J connectivity index is 2.31. The second kappa shape index (κ2) is 8.86. The summed E-state index contributed by atoms with van der Waals surface area (Å²) in [5, 5.41) is 9.06. The van der Waals surface area contributed by atoms with Crippen LogP contribution in [0.4, 0.5) is 0 Å². The van der Waals surface area contributed by atoms with Gasteiger partial charge >= 0.3 is 0 Å². The Morgan fingerprint density at radius 3 is 2.64 bits per heavy atom. The Bertz CT molecular complexity index is 768. The molecule has 0 aliphatic heterocycles. The van der Waals surface area contributed by atoms with E-state index in [0.29, 0.717) is 24.3 Å². The van der Waals surface area contributed by atoms with Crippen molar-refractivity contribution in [1.29, 1.82) is 5.26 Å². The van der Waals surface area contributed by atoms with Crippen molar-refractivity contribution in [2.45, 2.75) is 19.5 Å². The molecule has 0 bridgehead atoms. The highest BCUT2D eigenvalue weighted by Gasteiger charge is 2.22. The van der Waals surface area contributed by atoms with Crippen molar-refractivity contribution in [3.63, 3.8) is 0 Å². The Morgan fingerprint density at radius 1 is 1.20 bits per heavy atom. The smallest absolute Gasteiger partial charge is 0.254 e. The molecule has 0 heterocycles. The van der Waals surface area contributed by atoms with Crippen LogP contribution in [0.2, 0.25) is 0 Å². The van der Waals surface area contributed by atoms with Gasteiger partial charge in [-0.25, -0.2) is 0 Å². The first-order chi connectivity index (χ1) is 12.1. The lowest BCUT2D eigenvalue weighted by Gasteiger charge is -2.29. The van der Waals surface area contributed by atoms with E-state index in [1.807, 2.05) is 31.2 Å². The largest absolute Gasteiger partial charge is 0.497 e. The summed E-state index contributed by atoms with van der Waals surface area (Å²) in [5.74, 6) is 0.611. The van der Waals surface area contributed by atoms with Crippen molar-refractivity contribution >= 4 is 5.91 Å². The van der Waals surface area contributed by atoms with Gasteiger partial charge < -0.3 is 14.4 Å². The van der Waals surface area contributed by atoms with Gasteiger partial charge in [0.1, 0.15) is 5.75 Å². The van der Waals surface area contributed by atoms with Crippen molar-refractivity contribution in [3.8, 4) is 11.8 Å². The number of benzene rings is 2. The molecule has 5 heteroatoms. The highest BCUT2D eigenvalue weighted by atomic mass is 16.5. The summed E-state index contributed by atoms with van der Waals surface area (Å²) >= 11 is 0. The normalized spacial score (nSPS) is 11.4. The molecule has 25 heavy (non-hydrogen) atoms. The second-order valence-corrected chi connectivity index (χ2v) is 5.78. The first-order valence-electron chi connectivity index (χ1n) is 8.02. The fourth-order valence-electron chi connectivity index (χ4n) is 2.61. The zero-order chi connectivity index (χ0) is 18.2. The van der Waals surface area contributed by atoms with Crippen molar-refractivity contribution in [2.75, 3.05) is 20.8 Å². The third kappa shape index (κ3) is 4.82. The number of hydrogen-bond donors (Lipinski definition) is 0. The quantitative estimate of drug-likeness (QED) is 0.777. The predicted molar refractivity (Wildman–Crippen MR) is 95.4 cm³/mol. The van der Waals surface area contributed by atoms with E-state index in [1.165, 1.54) is 0 Å². The lowest BCUT2D eigenvalue weighted by atomic mass is 10.1. The van der Waals surface area contributed by atoms with Crippen LogP contribution in [0, 0.1) is 11.3 Å². The van der Waals surface area contributed by atoms with Crippen LogP contribution in [0.1, 0.15) is 28.4 Å². The number of carbonyl (C=O) groups is 1. The molecule has 1 atom stereocenters. The van der Waals surface area contributed by atoms with E-state index in [1.54, 1.807) is 43.4 Å². The lowest BCUT2D eigenvalue weighted by molar-refractivity contribution is 0.0542. The molecule has 0 saturated carbocycles. The van der Waals surface area contributed by atoms with Gasteiger partial charge in [-0.3, -0.25) is 4.79 Å². The lowest BCUT2D eigenvalue weighted by Crippen LogP contribution is -2.40. The fourth-order valence-corrected chi connectivity index (χ4v) is 2.61. The molecule has 0 aliphatic carbocycles. The average molecular weight is 338 g/mol. The third-order valence-corrected chi connectivity index (χ3v) is 3.93. The molecule has 0 N–H and O–H groups in total. The maximum absolute atomic E-state index is 13.0. The SMILES string of the molecule is COCC(C)N(Cc1cccc(OC)c1)C(=O)c1cccc(C#N)c1. The Morgan fingerprint density at radius 2 is 1.96 bits per heavy atom. The molecular formula is C20H22N2O3. The number of hydrogen-bond acceptors (Lipinski definition) is 4. The minimum Gasteiger partial charge on any atom is -0.497 e. The molecule has 0 radical (unpaired) electrons. The molecule has 0 saturated heterocycles. The minimum atomic E-state index is -0.135. The maximum Gasteiger partial charge on any atom is 0.254 e. The Hall–Kier alpha value is -2.84.